The quantitative estimate of drug-likeness (QED) is 0.859. The Morgan fingerprint density at radius 3 is 2.14 bits per heavy atom. The predicted molar refractivity (Wildman–Crippen MR) is 79.4 cm³/mol. The minimum absolute atomic E-state index is 0.294. The summed E-state index contributed by atoms with van der Waals surface area (Å²) >= 11 is 0. The Kier molecular flexibility index (Phi) is 5.00. The van der Waals surface area contributed by atoms with Gasteiger partial charge in [-0.2, -0.15) is 0 Å². The van der Waals surface area contributed by atoms with E-state index in [1.54, 1.807) is 44.6 Å². The number of methoxy groups -OCH3 is 2. The molecule has 0 saturated heterocycles. The van der Waals surface area contributed by atoms with Gasteiger partial charge in [-0.05, 0) is 17.7 Å². The Bertz CT molecular complexity index is 564. The minimum Gasteiger partial charge on any atom is -0.497 e. The molecule has 0 bridgehead atoms. The molecule has 0 fully saturated rings. The molecule has 2 rings (SSSR count). The standard InChI is InChI=1S/C16H18FNO3/c1-20-14-7-13(8-15(9-14)21-2)18-10-16(19)11-3-5-12(17)6-4-11/h3-9,16,18-19H,10H2,1-2H3. The van der Waals surface area contributed by atoms with E-state index >= 15 is 0 Å². The molecule has 2 N–H and O–H groups in total. The molecule has 21 heavy (non-hydrogen) atoms. The van der Waals surface area contributed by atoms with Crippen molar-refractivity contribution in [2.75, 3.05) is 26.1 Å². The molecule has 2 aromatic rings. The molecule has 0 aliphatic heterocycles. The van der Waals surface area contributed by atoms with Crippen LogP contribution in [-0.2, 0) is 0 Å². The van der Waals surface area contributed by atoms with Crippen LogP contribution in [0.2, 0.25) is 0 Å². The summed E-state index contributed by atoms with van der Waals surface area (Å²) in [4.78, 5) is 0. The Balaban J connectivity index is 2.03. The van der Waals surface area contributed by atoms with E-state index in [4.69, 9.17) is 9.47 Å². The first-order chi connectivity index (χ1) is 10.1. The number of nitrogens with one attached hydrogen (secondary N) is 1. The van der Waals surface area contributed by atoms with E-state index in [9.17, 15) is 9.50 Å². The van der Waals surface area contributed by atoms with Crippen molar-refractivity contribution in [3.05, 3.63) is 53.8 Å². The maximum Gasteiger partial charge on any atom is 0.124 e. The summed E-state index contributed by atoms with van der Waals surface area (Å²) in [5.74, 6) is 0.998. The summed E-state index contributed by atoms with van der Waals surface area (Å²) in [6, 6.07) is 11.2. The second kappa shape index (κ2) is 6.95. The Hall–Kier alpha value is -2.27. The molecule has 1 unspecified atom stereocenters. The Labute approximate surface area is 123 Å². The molecule has 4 nitrogen and oxygen atoms in total. The van der Waals surface area contributed by atoms with Gasteiger partial charge < -0.3 is 19.9 Å². The van der Waals surface area contributed by atoms with Crippen LogP contribution in [0, 0.1) is 5.82 Å². The van der Waals surface area contributed by atoms with Crippen molar-refractivity contribution in [1.29, 1.82) is 0 Å². The molecule has 0 amide bonds. The van der Waals surface area contributed by atoms with Crippen LogP contribution in [0.1, 0.15) is 11.7 Å². The van der Waals surface area contributed by atoms with Crippen LogP contribution >= 0.6 is 0 Å². The monoisotopic (exact) mass is 291 g/mol. The number of anilines is 1. The molecule has 112 valence electrons. The van der Waals surface area contributed by atoms with Gasteiger partial charge in [0.25, 0.3) is 0 Å². The SMILES string of the molecule is COc1cc(NCC(O)c2ccc(F)cc2)cc(OC)c1. The van der Waals surface area contributed by atoms with E-state index in [1.165, 1.54) is 12.1 Å². The van der Waals surface area contributed by atoms with Crippen LogP contribution in [0.5, 0.6) is 11.5 Å². The number of aliphatic hydroxyl groups is 1. The van der Waals surface area contributed by atoms with Crippen molar-refractivity contribution in [1.82, 2.24) is 0 Å². The van der Waals surface area contributed by atoms with E-state index in [0.717, 1.165) is 5.69 Å². The zero-order valence-corrected chi connectivity index (χ0v) is 12.0. The molecular weight excluding hydrogens is 273 g/mol. The maximum atomic E-state index is 12.8. The molecule has 0 saturated carbocycles. The molecule has 0 spiro atoms. The van der Waals surface area contributed by atoms with E-state index in [1.807, 2.05) is 0 Å². The van der Waals surface area contributed by atoms with Crippen molar-refractivity contribution in [3.8, 4) is 11.5 Å². The normalized spacial score (nSPS) is 11.8. The smallest absolute Gasteiger partial charge is 0.124 e. The highest BCUT2D eigenvalue weighted by Crippen LogP contribution is 2.26. The molecule has 1 atom stereocenters. The van der Waals surface area contributed by atoms with E-state index in [-0.39, 0.29) is 5.82 Å². The Morgan fingerprint density at radius 2 is 1.62 bits per heavy atom. The molecule has 2 aromatic carbocycles. The largest absolute Gasteiger partial charge is 0.497 e. The lowest BCUT2D eigenvalue weighted by atomic mass is 10.1. The van der Waals surface area contributed by atoms with Crippen molar-refractivity contribution >= 4 is 5.69 Å². The molecule has 0 heterocycles. The average molecular weight is 291 g/mol. The second-order valence-electron chi connectivity index (χ2n) is 4.55. The number of aliphatic hydroxyl groups excluding tert-OH is 1. The van der Waals surface area contributed by atoms with Crippen LogP contribution in [-0.4, -0.2) is 25.9 Å². The van der Waals surface area contributed by atoms with Crippen molar-refractivity contribution in [3.63, 3.8) is 0 Å². The van der Waals surface area contributed by atoms with Gasteiger partial charge in [-0.25, -0.2) is 4.39 Å². The van der Waals surface area contributed by atoms with Crippen molar-refractivity contribution in [2.45, 2.75) is 6.10 Å². The number of halogens is 1. The number of hydrogen-bond donors (Lipinski definition) is 2. The third-order valence-corrected chi connectivity index (χ3v) is 3.11. The third kappa shape index (κ3) is 4.10. The first-order valence-corrected chi connectivity index (χ1v) is 6.53. The van der Waals surface area contributed by atoms with Crippen LogP contribution in [0.3, 0.4) is 0 Å². The highest BCUT2D eigenvalue weighted by Gasteiger charge is 2.08. The number of ether oxygens (including phenoxy) is 2. The van der Waals surface area contributed by atoms with Gasteiger partial charge in [0.2, 0.25) is 0 Å². The first kappa shape index (κ1) is 15.1. The van der Waals surface area contributed by atoms with Crippen molar-refractivity contribution < 1.29 is 19.0 Å². The summed E-state index contributed by atoms with van der Waals surface area (Å²) < 4.78 is 23.2. The lowest BCUT2D eigenvalue weighted by Gasteiger charge is -2.14. The fourth-order valence-corrected chi connectivity index (χ4v) is 1.93. The lowest BCUT2D eigenvalue weighted by Crippen LogP contribution is -2.12. The van der Waals surface area contributed by atoms with Gasteiger partial charge >= 0.3 is 0 Å². The van der Waals surface area contributed by atoms with Crippen LogP contribution < -0.4 is 14.8 Å². The topological polar surface area (TPSA) is 50.7 Å². The summed E-state index contributed by atoms with van der Waals surface area (Å²) in [5, 5.41) is 13.2. The number of hydrogen-bond acceptors (Lipinski definition) is 4. The molecule has 0 aliphatic carbocycles. The van der Waals surface area contributed by atoms with Gasteiger partial charge in [0.1, 0.15) is 17.3 Å². The van der Waals surface area contributed by atoms with Crippen molar-refractivity contribution in [2.24, 2.45) is 0 Å². The zero-order chi connectivity index (χ0) is 15.2. The summed E-state index contributed by atoms with van der Waals surface area (Å²) in [6.45, 7) is 0.294. The number of benzene rings is 2. The van der Waals surface area contributed by atoms with Gasteiger partial charge in [0, 0.05) is 30.4 Å². The summed E-state index contributed by atoms with van der Waals surface area (Å²) in [7, 11) is 3.15. The fourth-order valence-electron chi connectivity index (χ4n) is 1.93. The zero-order valence-electron chi connectivity index (χ0n) is 12.0. The predicted octanol–water partition coefficient (Wildman–Crippen LogP) is 2.99. The minimum atomic E-state index is -0.734. The molecule has 0 aromatic heterocycles. The second-order valence-corrected chi connectivity index (χ2v) is 4.55. The van der Waals surface area contributed by atoms with Gasteiger partial charge in [0.05, 0.1) is 20.3 Å². The van der Waals surface area contributed by atoms with Gasteiger partial charge in [-0.3, -0.25) is 0 Å². The van der Waals surface area contributed by atoms with Gasteiger partial charge in [-0.1, -0.05) is 12.1 Å². The highest BCUT2D eigenvalue weighted by atomic mass is 19.1. The van der Waals surface area contributed by atoms with Crippen LogP contribution in [0.25, 0.3) is 0 Å². The summed E-state index contributed by atoms with van der Waals surface area (Å²) in [5.41, 5.74) is 1.42. The summed E-state index contributed by atoms with van der Waals surface area (Å²) in [6.07, 6.45) is -0.734. The van der Waals surface area contributed by atoms with Crippen LogP contribution in [0.15, 0.2) is 42.5 Å². The Morgan fingerprint density at radius 1 is 1.05 bits per heavy atom. The van der Waals surface area contributed by atoms with Gasteiger partial charge in [0.15, 0.2) is 0 Å². The lowest BCUT2D eigenvalue weighted by molar-refractivity contribution is 0.191. The van der Waals surface area contributed by atoms with Crippen LogP contribution in [0.4, 0.5) is 10.1 Å². The molecule has 0 aliphatic rings. The molecule has 5 heteroatoms. The first-order valence-electron chi connectivity index (χ1n) is 6.53. The highest BCUT2D eigenvalue weighted by molar-refractivity contribution is 5.53. The fraction of sp³-hybridized carbons (Fsp3) is 0.250. The van der Waals surface area contributed by atoms with E-state index < -0.39 is 6.10 Å². The third-order valence-electron chi connectivity index (χ3n) is 3.11. The molecule has 0 radical (unpaired) electrons. The molecular formula is C16H18FNO3. The van der Waals surface area contributed by atoms with E-state index in [0.29, 0.717) is 23.6 Å². The number of rotatable bonds is 6. The van der Waals surface area contributed by atoms with Gasteiger partial charge in [-0.15, -0.1) is 0 Å². The maximum absolute atomic E-state index is 12.8. The van der Waals surface area contributed by atoms with E-state index in [2.05, 4.69) is 5.32 Å². The average Bonchev–Trinajstić information content (AvgIpc) is 2.52.